The summed E-state index contributed by atoms with van der Waals surface area (Å²) in [4.78, 5) is 18.5. The molecule has 1 N–H and O–H groups in total. The minimum absolute atomic E-state index is 0.195. The van der Waals surface area contributed by atoms with Gasteiger partial charge in [-0.1, -0.05) is 12.1 Å². The van der Waals surface area contributed by atoms with Crippen LogP contribution < -0.4 is 19.7 Å². The van der Waals surface area contributed by atoms with Gasteiger partial charge in [0.05, 0.1) is 7.11 Å². The van der Waals surface area contributed by atoms with E-state index >= 15 is 0 Å². The number of hydrogen-bond donors (Lipinski definition) is 1. The Morgan fingerprint density at radius 2 is 1.70 bits per heavy atom. The smallest absolute Gasteiger partial charge is 0.255 e. The number of ether oxygens (including phenoxy) is 2. The second-order valence-electron chi connectivity index (χ2n) is 6.03. The molecule has 0 unspecified atom stereocenters. The van der Waals surface area contributed by atoms with Crippen molar-refractivity contribution in [3.05, 3.63) is 72.4 Å². The summed E-state index contributed by atoms with van der Waals surface area (Å²) in [5.41, 5.74) is 1.22. The summed E-state index contributed by atoms with van der Waals surface area (Å²) >= 11 is 0. The first-order chi connectivity index (χ1) is 13.1. The third kappa shape index (κ3) is 4.55. The Hall–Kier alpha value is -3.54. The topological polar surface area (TPSA) is 63.7 Å². The van der Waals surface area contributed by atoms with E-state index in [9.17, 15) is 4.79 Å². The normalized spacial score (nSPS) is 10.2. The van der Waals surface area contributed by atoms with Gasteiger partial charge < -0.3 is 19.7 Å². The van der Waals surface area contributed by atoms with E-state index in [0.717, 1.165) is 5.82 Å². The standard InChI is InChI=1S/C21H21N3O3/c1-24(2)20-14-15(12-13-22-20)21(25)23-16-8-10-17(11-9-16)27-19-7-5-4-6-18(19)26-3/h4-14H,1-3H3,(H,23,25). The zero-order chi connectivity index (χ0) is 19.2. The molecule has 0 bridgehead atoms. The maximum absolute atomic E-state index is 12.4. The van der Waals surface area contributed by atoms with Gasteiger partial charge in [-0.3, -0.25) is 4.79 Å². The van der Waals surface area contributed by atoms with Gasteiger partial charge in [-0.05, 0) is 48.5 Å². The number of amides is 1. The van der Waals surface area contributed by atoms with Crippen LogP contribution in [0.15, 0.2) is 66.9 Å². The molecule has 0 saturated heterocycles. The van der Waals surface area contributed by atoms with E-state index in [-0.39, 0.29) is 5.91 Å². The fraction of sp³-hybridized carbons (Fsp3) is 0.143. The number of methoxy groups -OCH3 is 1. The van der Waals surface area contributed by atoms with Gasteiger partial charge in [0.1, 0.15) is 11.6 Å². The number of aromatic nitrogens is 1. The van der Waals surface area contributed by atoms with Crippen LogP contribution >= 0.6 is 0 Å². The Labute approximate surface area is 158 Å². The van der Waals surface area contributed by atoms with Crippen LogP contribution in [0.5, 0.6) is 17.2 Å². The van der Waals surface area contributed by atoms with Crippen molar-refractivity contribution in [2.45, 2.75) is 0 Å². The fourth-order valence-corrected chi connectivity index (χ4v) is 2.44. The number of hydrogen-bond acceptors (Lipinski definition) is 5. The van der Waals surface area contributed by atoms with Crippen LogP contribution in [0.4, 0.5) is 11.5 Å². The Balaban J connectivity index is 1.69. The highest BCUT2D eigenvalue weighted by Crippen LogP contribution is 2.31. The van der Waals surface area contributed by atoms with E-state index in [1.807, 2.05) is 43.3 Å². The molecule has 3 aromatic rings. The van der Waals surface area contributed by atoms with Crippen molar-refractivity contribution in [1.29, 1.82) is 0 Å². The number of para-hydroxylation sites is 2. The lowest BCUT2D eigenvalue weighted by Crippen LogP contribution is -2.15. The molecule has 0 fully saturated rings. The molecule has 6 heteroatoms. The van der Waals surface area contributed by atoms with Crippen molar-refractivity contribution in [2.24, 2.45) is 0 Å². The molecule has 0 radical (unpaired) electrons. The quantitative estimate of drug-likeness (QED) is 0.711. The van der Waals surface area contributed by atoms with Crippen LogP contribution in [0.2, 0.25) is 0 Å². The Morgan fingerprint density at radius 3 is 2.37 bits per heavy atom. The van der Waals surface area contributed by atoms with Gasteiger partial charge in [0.25, 0.3) is 5.91 Å². The average Bonchev–Trinajstić information content (AvgIpc) is 2.70. The van der Waals surface area contributed by atoms with E-state index in [0.29, 0.717) is 28.5 Å². The molecular weight excluding hydrogens is 342 g/mol. The number of anilines is 2. The van der Waals surface area contributed by atoms with E-state index < -0.39 is 0 Å². The predicted octanol–water partition coefficient (Wildman–Crippen LogP) is 4.20. The first-order valence-electron chi connectivity index (χ1n) is 8.42. The van der Waals surface area contributed by atoms with Gasteiger partial charge in [-0.2, -0.15) is 0 Å². The molecule has 27 heavy (non-hydrogen) atoms. The number of rotatable bonds is 6. The molecule has 3 rings (SSSR count). The molecule has 0 atom stereocenters. The molecule has 0 aliphatic heterocycles. The van der Waals surface area contributed by atoms with Gasteiger partial charge in [0.15, 0.2) is 11.5 Å². The molecule has 2 aromatic carbocycles. The Bertz CT molecular complexity index is 924. The summed E-state index contributed by atoms with van der Waals surface area (Å²) in [6.45, 7) is 0. The first-order valence-corrected chi connectivity index (χ1v) is 8.42. The molecule has 1 aromatic heterocycles. The van der Waals surface area contributed by atoms with E-state index in [1.54, 1.807) is 49.7 Å². The first kappa shape index (κ1) is 18.3. The molecular formula is C21H21N3O3. The van der Waals surface area contributed by atoms with Gasteiger partial charge >= 0.3 is 0 Å². The van der Waals surface area contributed by atoms with E-state index in [1.165, 1.54) is 0 Å². The van der Waals surface area contributed by atoms with Gasteiger partial charge in [-0.25, -0.2) is 4.98 Å². The largest absolute Gasteiger partial charge is 0.493 e. The van der Waals surface area contributed by atoms with Crippen LogP contribution in [0.1, 0.15) is 10.4 Å². The minimum atomic E-state index is -0.195. The van der Waals surface area contributed by atoms with Crippen LogP contribution in [0.25, 0.3) is 0 Å². The summed E-state index contributed by atoms with van der Waals surface area (Å²) in [6, 6.07) is 18.0. The summed E-state index contributed by atoms with van der Waals surface area (Å²) in [6.07, 6.45) is 1.62. The van der Waals surface area contributed by atoms with Crippen molar-refractivity contribution in [2.75, 3.05) is 31.4 Å². The molecule has 138 valence electrons. The lowest BCUT2D eigenvalue weighted by atomic mass is 10.2. The number of nitrogens with zero attached hydrogens (tertiary/aromatic N) is 2. The van der Waals surface area contributed by atoms with Gasteiger partial charge in [-0.15, -0.1) is 0 Å². The molecule has 0 spiro atoms. The van der Waals surface area contributed by atoms with Crippen LogP contribution in [-0.2, 0) is 0 Å². The second kappa shape index (κ2) is 8.23. The minimum Gasteiger partial charge on any atom is -0.493 e. The van der Waals surface area contributed by atoms with E-state index in [2.05, 4.69) is 10.3 Å². The maximum atomic E-state index is 12.4. The highest BCUT2D eigenvalue weighted by Gasteiger charge is 2.09. The maximum Gasteiger partial charge on any atom is 0.255 e. The summed E-state index contributed by atoms with van der Waals surface area (Å²) in [5.74, 6) is 2.47. The number of nitrogens with one attached hydrogen (secondary N) is 1. The van der Waals surface area contributed by atoms with Crippen molar-refractivity contribution < 1.29 is 14.3 Å². The van der Waals surface area contributed by atoms with Gasteiger partial charge in [0.2, 0.25) is 0 Å². The van der Waals surface area contributed by atoms with Crippen LogP contribution in [0.3, 0.4) is 0 Å². The van der Waals surface area contributed by atoms with Crippen molar-refractivity contribution in [1.82, 2.24) is 4.98 Å². The highest BCUT2D eigenvalue weighted by atomic mass is 16.5. The average molecular weight is 363 g/mol. The Morgan fingerprint density at radius 1 is 1.00 bits per heavy atom. The van der Waals surface area contributed by atoms with Crippen LogP contribution in [0, 0.1) is 0 Å². The molecule has 0 aliphatic carbocycles. The number of benzene rings is 2. The zero-order valence-electron chi connectivity index (χ0n) is 15.5. The molecule has 1 amide bonds. The van der Waals surface area contributed by atoms with Crippen molar-refractivity contribution in [3.8, 4) is 17.2 Å². The monoisotopic (exact) mass is 363 g/mol. The lowest BCUT2D eigenvalue weighted by molar-refractivity contribution is 0.102. The number of carbonyl (C=O) groups is 1. The molecule has 0 saturated carbocycles. The van der Waals surface area contributed by atoms with E-state index in [4.69, 9.17) is 9.47 Å². The summed E-state index contributed by atoms with van der Waals surface area (Å²) in [7, 11) is 5.36. The van der Waals surface area contributed by atoms with Crippen molar-refractivity contribution >= 4 is 17.4 Å². The zero-order valence-corrected chi connectivity index (χ0v) is 15.5. The summed E-state index contributed by atoms with van der Waals surface area (Å²) < 4.78 is 11.1. The second-order valence-corrected chi connectivity index (χ2v) is 6.03. The molecule has 6 nitrogen and oxygen atoms in total. The molecule has 0 aliphatic rings. The SMILES string of the molecule is COc1ccccc1Oc1ccc(NC(=O)c2ccnc(N(C)C)c2)cc1. The van der Waals surface area contributed by atoms with Crippen molar-refractivity contribution in [3.63, 3.8) is 0 Å². The van der Waals surface area contributed by atoms with Crippen LogP contribution in [-0.4, -0.2) is 32.1 Å². The predicted molar refractivity (Wildman–Crippen MR) is 106 cm³/mol. The third-order valence-electron chi connectivity index (χ3n) is 3.87. The number of carbonyl (C=O) groups excluding carboxylic acids is 1. The highest BCUT2D eigenvalue weighted by molar-refractivity contribution is 6.04. The van der Waals surface area contributed by atoms with Gasteiger partial charge in [0, 0.05) is 31.5 Å². The number of pyridine rings is 1. The lowest BCUT2D eigenvalue weighted by Gasteiger charge is -2.12. The molecule has 1 heterocycles. The fourth-order valence-electron chi connectivity index (χ4n) is 2.44. The third-order valence-corrected chi connectivity index (χ3v) is 3.87. The Kier molecular flexibility index (Phi) is 5.56. The summed E-state index contributed by atoms with van der Waals surface area (Å²) in [5, 5.41) is 2.87.